The molecule has 0 fully saturated rings. The molecule has 0 aromatic carbocycles. The molecule has 0 radical (unpaired) electrons. The Kier molecular flexibility index (Phi) is 7.85. The van der Waals surface area contributed by atoms with Crippen LogP contribution in [0.2, 0.25) is 0 Å². The van der Waals surface area contributed by atoms with Crippen molar-refractivity contribution in [2.75, 3.05) is 13.7 Å². The molecule has 0 saturated heterocycles. The molecule has 0 spiro atoms. The zero-order chi connectivity index (χ0) is 10.2. The van der Waals surface area contributed by atoms with E-state index in [0.717, 1.165) is 18.7 Å². The van der Waals surface area contributed by atoms with Crippen LogP contribution in [0.15, 0.2) is 12.3 Å². The summed E-state index contributed by atoms with van der Waals surface area (Å²) in [5.41, 5.74) is 6.30. The average molecular weight is 173 g/mol. The van der Waals surface area contributed by atoms with Crippen molar-refractivity contribution in [2.45, 2.75) is 20.3 Å². The summed E-state index contributed by atoms with van der Waals surface area (Å²) < 4.78 is 4.93. The largest absolute Gasteiger partial charge is 0.402 e. The van der Waals surface area contributed by atoms with Gasteiger partial charge in [0.1, 0.15) is 6.79 Å². The Labute approximate surface area is 74.6 Å². The predicted octanol–water partition coefficient (Wildman–Crippen LogP) is 1.34. The Hall–Kier alpha value is -0.830. The molecular weight excluding hydrogens is 154 g/mol. The first-order valence-corrected chi connectivity index (χ1v) is 3.73. The molecule has 0 aliphatic rings. The molecule has 0 rings (SSSR count). The minimum atomic E-state index is 0.00993. The van der Waals surface area contributed by atoms with Gasteiger partial charge in [-0.05, 0) is 6.42 Å². The number of methoxy groups -OCH3 is 1. The lowest BCUT2D eigenvalue weighted by molar-refractivity contribution is -0.0979. The molecule has 72 valence electrons. The molecule has 0 atom stereocenters. The maximum atomic E-state index is 8.00. The molecule has 2 N–H and O–H groups in total. The summed E-state index contributed by atoms with van der Waals surface area (Å²) in [5, 5.41) is 0. The topological polar surface area (TPSA) is 52.3 Å². The second kappa shape index (κ2) is 6.85. The highest BCUT2D eigenvalue weighted by atomic mass is 16.5. The van der Waals surface area contributed by atoms with Crippen molar-refractivity contribution in [1.29, 1.82) is 0 Å². The highest BCUT2D eigenvalue weighted by molar-refractivity contribution is 5.11. The smallest absolute Gasteiger partial charge is 0.106 e. The van der Waals surface area contributed by atoms with Crippen LogP contribution in [0.3, 0.4) is 0 Å². The third-order valence-corrected chi connectivity index (χ3v) is 1.80. The van der Waals surface area contributed by atoms with Gasteiger partial charge in [-0.3, -0.25) is 0 Å². The number of nitrogens with two attached hydrogens (primary N) is 1. The first-order valence-electron chi connectivity index (χ1n) is 3.73. The Morgan fingerprint density at radius 3 is 2.17 bits per heavy atom. The molecule has 0 unspecified atom stereocenters. The van der Waals surface area contributed by atoms with E-state index in [9.17, 15) is 0 Å². The van der Waals surface area contributed by atoms with E-state index >= 15 is 0 Å². The molecule has 3 nitrogen and oxygen atoms in total. The van der Waals surface area contributed by atoms with Gasteiger partial charge in [-0.25, -0.2) is 0 Å². The van der Waals surface area contributed by atoms with Crippen LogP contribution in [-0.4, -0.2) is 20.5 Å². The van der Waals surface area contributed by atoms with Gasteiger partial charge in [-0.15, -0.1) is 0 Å². The Bertz CT molecular complexity index is 132. The lowest BCUT2D eigenvalue weighted by atomic mass is 9.87. The fourth-order valence-electron chi connectivity index (χ4n) is 0.518. The summed E-state index contributed by atoms with van der Waals surface area (Å²) in [4.78, 5) is 8.00. The van der Waals surface area contributed by atoms with Crippen LogP contribution in [0.4, 0.5) is 0 Å². The zero-order valence-electron chi connectivity index (χ0n) is 8.22. The van der Waals surface area contributed by atoms with Crippen LogP contribution in [-0.2, 0) is 9.53 Å². The standard InChI is InChI=1S/C8H17NO.CH2O/c1-7(9)8(2,3)5-6-10-4;1-2/h1,5-6,9H2,2-4H3;1H2. The first-order chi connectivity index (χ1) is 5.50. The van der Waals surface area contributed by atoms with E-state index in [2.05, 4.69) is 20.4 Å². The molecule has 0 heterocycles. The fourth-order valence-corrected chi connectivity index (χ4v) is 0.518. The number of rotatable bonds is 4. The first kappa shape index (κ1) is 13.7. The van der Waals surface area contributed by atoms with Crippen molar-refractivity contribution >= 4 is 6.79 Å². The van der Waals surface area contributed by atoms with Gasteiger partial charge >= 0.3 is 0 Å². The number of allylic oxidation sites excluding steroid dienone is 1. The van der Waals surface area contributed by atoms with E-state index in [4.69, 9.17) is 15.3 Å². The molecule has 0 aliphatic heterocycles. The van der Waals surface area contributed by atoms with Gasteiger partial charge in [0.15, 0.2) is 0 Å². The number of carbonyl (C=O) groups is 1. The minimum absolute atomic E-state index is 0.00993. The summed E-state index contributed by atoms with van der Waals surface area (Å²) in [6.07, 6.45) is 0.929. The van der Waals surface area contributed by atoms with Crippen molar-refractivity contribution < 1.29 is 9.53 Å². The lowest BCUT2D eigenvalue weighted by Gasteiger charge is -2.23. The van der Waals surface area contributed by atoms with Crippen LogP contribution >= 0.6 is 0 Å². The van der Waals surface area contributed by atoms with E-state index in [1.54, 1.807) is 7.11 Å². The quantitative estimate of drug-likeness (QED) is 0.698. The van der Waals surface area contributed by atoms with Crippen molar-refractivity contribution in [3.63, 3.8) is 0 Å². The van der Waals surface area contributed by atoms with Crippen molar-refractivity contribution in [3.05, 3.63) is 12.3 Å². The molecule has 0 aliphatic carbocycles. The lowest BCUT2D eigenvalue weighted by Crippen LogP contribution is -2.21. The molecule has 0 aromatic heterocycles. The second-order valence-electron chi connectivity index (χ2n) is 3.15. The maximum absolute atomic E-state index is 8.00. The number of ether oxygens (including phenoxy) is 1. The molecule has 0 saturated carbocycles. The van der Waals surface area contributed by atoms with Crippen molar-refractivity contribution in [1.82, 2.24) is 0 Å². The van der Waals surface area contributed by atoms with Gasteiger partial charge < -0.3 is 15.3 Å². The Balaban J connectivity index is 0. The van der Waals surface area contributed by atoms with E-state index in [-0.39, 0.29) is 5.41 Å². The normalized spacial score (nSPS) is 9.92. The summed E-state index contributed by atoms with van der Waals surface area (Å²) in [5.74, 6) is 0. The third kappa shape index (κ3) is 5.92. The average Bonchev–Trinajstić information content (AvgIpc) is 2.04. The van der Waals surface area contributed by atoms with Gasteiger partial charge in [0.05, 0.1) is 0 Å². The molecule has 3 heteroatoms. The van der Waals surface area contributed by atoms with Gasteiger partial charge in [0.2, 0.25) is 0 Å². The van der Waals surface area contributed by atoms with Crippen LogP contribution in [0.25, 0.3) is 0 Å². The fraction of sp³-hybridized carbons (Fsp3) is 0.667. The van der Waals surface area contributed by atoms with Crippen LogP contribution < -0.4 is 5.73 Å². The summed E-state index contributed by atoms with van der Waals surface area (Å²) in [6, 6.07) is 0. The van der Waals surface area contributed by atoms with Crippen LogP contribution in [0.5, 0.6) is 0 Å². The van der Waals surface area contributed by atoms with Gasteiger partial charge in [-0.2, -0.15) is 0 Å². The van der Waals surface area contributed by atoms with Crippen molar-refractivity contribution in [3.8, 4) is 0 Å². The van der Waals surface area contributed by atoms with Crippen molar-refractivity contribution in [2.24, 2.45) is 11.1 Å². The summed E-state index contributed by atoms with van der Waals surface area (Å²) in [7, 11) is 1.69. The second-order valence-corrected chi connectivity index (χ2v) is 3.15. The summed E-state index contributed by atoms with van der Waals surface area (Å²) in [6.45, 7) is 10.6. The monoisotopic (exact) mass is 173 g/mol. The highest BCUT2D eigenvalue weighted by Gasteiger charge is 2.18. The van der Waals surface area contributed by atoms with Gasteiger partial charge in [0, 0.05) is 24.8 Å². The molecular formula is C9H19NO2. The van der Waals surface area contributed by atoms with E-state index in [1.165, 1.54) is 0 Å². The maximum Gasteiger partial charge on any atom is 0.106 e. The molecule has 12 heavy (non-hydrogen) atoms. The Morgan fingerprint density at radius 1 is 1.50 bits per heavy atom. The number of hydrogen-bond donors (Lipinski definition) is 1. The van der Waals surface area contributed by atoms with E-state index in [0.29, 0.717) is 0 Å². The van der Waals surface area contributed by atoms with Gasteiger partial charge in [-0.1, -0.05) is 20.4 Å². The van der Waals surface area contributed by atoms with E-state index in [1.807, 2.05) is 6.79 Å². The van der Waals surface area contributed by atoms with Gasteiger partial charge in [0.25, 0.3) is 0 Å². The zero-order valence-corrected chi connectivity index (χ0v) is 8.22. The summed E-state index contributed by atoms with van der Waals surface area (Å²) >= 11 is 0. The van der Waals surface area contributed by atoms with Crippen LogP contribution in [0.1, 0.15) is 20.3 Å². The molecule has 0 amide bonds. The molecule has 0 bridgehead atoms. The highest BCUT2D eigenvalue weighted by Crippen LogP contribution is 2.24. The Morgan fingerprint density at radius 2 is 1.92 bits per heavy atom. The number of hydrogen-bond acceptors (Lipinski definition) is 3. The molecule has 0 aromatic rings. The van der Waals surface area contributed by atoms with E-state index < -0.39 is 0 Å². The number of carbonyl (C=O) groups excluding carboxylic acids is 1. The third-order valence-electron chi connectivity index (χ3n) is 1.80. The minimum Gasteiger partial charge on any atom is -0.402 e. The predicted molar refractivity (Wildman–Crippen MR) is 50.7 cm³/mol. The van der Waals surface area contributed by atoms with Crippen LogP contribution in [0, 0.1) is 5.41 Å². The SMILES string of the molecule is C=C(N)C(C)(C)CCOC.C=O.